The smallest absolute Gasteiger partial charge is 0.226 e. The van der Waals surface area contributed by atoms with Crippen LogP contribution in [0.5, 0.6) is 0 Å². The molecule has 3 rings (SSSR count). The van der Waals surface area contributed by atoms with Crippen molar-refractivity contribution in [2.75, 3.05) is 26.2 Å². The second-order valence-corrected chi connectivity index (χ2v) is 6.44. The summed E-state index contributed by atoms with van der Waals surface area (Å²) in [6.07, 6.45) is 1.49. The third-order valence-electron chi connectivity index (χ3n) is 4.31. The standard InChI is InChI=1S/C18H25N3O2/c1-14-10-20(8-9-21(14)11-15(2)22)12-17-13-23-18(19-17)16-6-4-3-5-7-16/h3-7,13-15,22H,8-12H2,1-2H3. The molecule has 2 aromatic rings. The average Bonchev–Trinajstić information content (AvgIpc) is 2.99. The first kappa shape index (κ1) is 16.2. The summed E-state index contributed by atoms with van der Waals surface area (Å²) in [6, 6.07) is 10.4. The summed E-state index contributed by atoms with van der Waals surface area (Å²) in [5.74, 6) is 0.682. The number of piperazine rings is 1. The molecule has 1 N–H and O–H groups in total. The summed E-state index contributed by atoms with van der Waals surface area (Å²) < 4.78 is 5.61. The molecule has 2 heterocycles. The van der Waals surface area contributed by atoms with Crippen LogP contribution < -0.4 is 0 Å². The number of hydrogen-bond donors (Lipinski definition) is 1. The van der Waals surface area contributed by atoms with Crippen LogP contribution in [0.15, 0.2) is 41.0 Å². The minimum Gasteiger partial charge on any atom is -0.444 e. The van der Waals surface area contributed by atoms with Gasteiger partial charge < -0.3 is 9.52 Å². The lowest BCUT2D eigenvalue weighted by Gasteiger charge is -2.40. The van der Waals surface area contributed by atoms with Gasteiger partial charge in [-0.25, -0.2) is 4.98 Å². The summed E-state index contributed by atoms with van der Waals surface area (Å²) >= 11 is 0. The second kappa shape index (κ2) is 7.25. The number of nitrogens with zero attached hydrogens (tertiary/aromatic N) is 3. The predicted octanol–water partition coefficient (Wildman–Crippen LogP) is 2.23. The van der Waals surface area contributed by atoms with Crippen molar-refractivity contribution in [3.05, 3.63) is 42.3 Å². The number of hydrogen-bond acceptors (Lipinski definition) is 5. The van der Waals surface area contributed by atoms with E-state index in [9.17, 15) is 5.11 Å². The summed E-state index contributed by atoms with van der Waals surface area (Å²) in [6.45, 7) is 8.58. The number of aliphatic hydroxyl groups excluding tert-OH is 1. The van der Waals surface area contributed by atoms with Gasteiger partial charge in [-0.1, -0.05) is 18.2 Å². The molecule has 1 aliphatic heterocycles. The van der Waals surface area contributed by atoms with E-state index in [-0.39, 0.29) is 6.10 Å². The van der Waals surface area contributed by atoms with Crippen molar-refractivity contribution in [3.63, 3.8) is 0 Å². The molecule has 0 aliphatic carbocycles. The number of aromatic nitrogens is 1. The van der Waals surface area contributed by atoms with Crippen molar-refractivity contribution in [3.8, 4) is 11.5 Å². The van der Waals surface area contributed by atoms with Gasteiger partial charge in [0.2, 0.25) is 5.89 Å². The molecule has 0 radical (unpaired) electrons. The van der Waals surface area contributed by atoms with E-state index < -0.39 is 0 Å². The molecule has 23 heavy (non-hydrogen) atoms. The van der Waals surface area contributed by atoms with Crippen molar-refractivity contribution in [2.45, 2.75) is 32.5 Å². The number of rotatable bonds is 5. The molecule has 0 saturated carbocycles. The quantitative estimate of drug-likeness (QED) is 0.917. The minimum absolute atomic E-state index is 0.270. The first-order valence-corrected chi connectivity index (χ1v) is 8.26. The third kappa shape index (κ3) is 4.19. The van der Waals surface area contributed by atoms with Crippen molar-refractivity contribution in [2.24, 2.45) is 0 Å². The SMILES string of the molecule is CC(O)CN1CCN(Cc2coc(-c3ccccc3)n2)CC1C. The summed E-state index contributed by atoms with van der Waals surface area (Å²) in [5, 5.41) is 9.56. The highest BCUT2D eigenvalue weighted by atomic mass is 16.3. The summed E-state index contributed by atoms with van der Waals surface area (Å²) in [5.41, 5.74) is 1.98. The van der Waals surface area contributed by atoms with E-state index >= 15 is 0 Å². The highest BCUT2D eigenvalue weighted by molar-refractivity contribution is 5.52. The first-order chi connectivity index (χ1) is 11.1. The van der Waals surface area contributed by atoms with Crippen molar-refractivity contribution in [1.29, 1.82) is 0 Å². The molecule has 5 nitrogen and oxygen atoms in total. The largest absolute Gasteiger partial charge is 0.444 e. The Labute approximate surface area is 137 Å². The molecule has 5 heteroatoms. The van der Waals surface area contributed by atoms with Gasteiger partial charge in [-0.2, -0.15) is 0 Å². The Bertz CT molecular complexity index is 612. The Morgan fingerprint density at radius 3 is 2.78 bits per heavy atom. The van der Waals surface area contributed by atoms with Crippen LogP contribution >= 0.6 is 0 Å². The van der Waals surface area contributed by atoms with Gasteiger partial charge in [0.15, 0.2) is 0 Å². The maximum absolute atomic E-state index is 9.56. The number of oxazole rings is 1. The van der Waals surface area contributed by atoms with Gasteiger partial charge >= 0.3 is 0 Å². The second-order valence-electron chi connectivity index (χ2n) is 6.44. The molecular formula is C18H25N3O2. The van der Waals surface area contributed by atoms with Gasteiger partial charge in [-0.15, -0.1) is 0 Å². The Hall–Kier alpha value is -1.69. The highest BCUT2D eigenvalue weighted by Crippen LogP contribution is 2.19. The molecule has 1 aliphatic rings. The van der Waals surface area contributed by atoms with Crippen LogP contribution in [0.25, 0.3) is 11.5 Å². The van der Waals surface area contributed by atoms with Crippen LogP contribution in [0.3, 0.4) is 0 Å². The van der Waals surface area contributed by atoms with Gasteiger partial charge in [-0.3, -0.25) is 9.80 Å². The maximum Gasteiger partial charge on any atom is 0.226 e. The van der Waals surface area contributed by atoms with Crippen LogP contribution in [-0.2, 0) is 6.54 Å². The van der Waals surface area contributed by atoms with Gasteiger partial charge in [0.1, 0.15) is 6.26 Å². The topological polar surface area (TPSA) is 52.7 Å². The molecule has 0 bridgehead atoms. The molecule has 124 valence electrons. The molecule has 1 aromatic heterocycles. The zero-order valence-electron chi connectivity index (χ0n) is 13.9. The van der Waals surface area contributed by atoms with Crippen LogP contribution in [0, 0.1) is 0 Å². The number of β-amino-alcohol motifs (C(OH)–C–C–N with tert-alkyl or cyclic N) is 1. The zero-order valence-corrected chi connectivity index (χ0v) is 13.9. The summed E-state index contributed by atoms with van der Waals surface area (Å²) in [4.78, 5) is 9.35. The summed E-state index contributed by atoms with van der Waals surface area (Å²) in [7, 11) is 0. The molecule has 0 spiro atoms. The molecule has 1 saturated heterocycles. The molecule has 1 fully saturated rings. The van der Waals surface area contributed by atoms with Crippen molar-refractivity contribution >= 4 is 0 Å². The van der Waals surface area contributed by atoms with Crippen molar-refractivity contribution in [1.82, 2.24) is 14.8 Å². The van der Waals surface area contributed by atoms with Gasteiger partial charge in [0.05, 0.1) is 11.8 Å². The monoisotopic (exact) mass is 315 g/mol. The number of benzene rings is 1. The van der Waals surface area contributed by atoms with E-state index in [2.05, 4.69) is 21.7 Å². The first-order valence-electron chi connectivity index (χ1n) is 8.26. The van der Waals surface area contributed by atoms with E-state index in [1.54, 1.807) is 6.26 Å². The van der Waals surface area contributed by atoms with Gasteiger partial charge in [0.25, 0.3) is 0 Å². The van der Waals surface area contributed by atoms with E-state index in [1.165, 1.54) is 0 Å². The predicted molar refractivity (Wildman–Crippen MR) is 89.9 cm³/mol. The zero-order chi connectivity index (χ0) is 16.2. The minimum atomic E-state index is -0.270. The lowest BCUT2D eigenvalue weighted by Crippen LogP contribution is -2.53. The molecule has 1 aromatic carbocycles. The fourth-order valence-electron chi connectivity index (χ4n) is 3.15. The third-order valence-corrected chi connectivity index (χ3v) is 4.31. The van der Waals surface area contributed by atoms with E-state index in [0.717, 1.165) is 44.0 Å². The van der Waals surface area contributed by atoms with E-state index in [0.29, 0.717) is 11.9 Å². The highest BCUT2D eigenvalue weighted by Gasteiger charge is 2.25. The maximum atomic E-state index is 9.56. The Morgan fingerprint density at radius 1 is 1.30 bits per heavy atom. The lowest BCUT2D eigenvalue weighted by molar-refractivity contribution is 0.0418. The van der Waals surface area contributed by atoms with Gasteiger partial charge in [0, 0.05) is 44.3 Å². The fraction of sp³-hybridized carbons (Fsp3) is 0.500. The average molecular weight is 315 g/mol. The lowest BCUT2D eigenvalue weighted by atomic mass is 10.1. The molecule has 2 unspecified atom stereocenters. The normalized spacial score (nSPS) is 21.4. The van der Waals surface area contributed by atoms with Gasteiger partial charge in [-0.05, 0) is 26.0 Å². The van der Waals surface area contributed by atoms with Crippen molar-refractivity contribution < 1.29 is 9.52 Å². The van der Waals surface area contributed by atoms with Crippen LogP contribution in [0.4, 0.5) is 0 Å². The van der Waals surface area contributed by atoms with Crippen LogP contribution in [0.1, 0.15) is 19.5 Å². The number of aliphatic hydroxyl groups is 1. The fourth-order valence-corrected chi connectivity index (χ4v) is 3.15. The van der Waals surface area contributed by atoms with E-state index in [1.807, 2.05) is 37.3 Å². The van der Waals surface area contributed by atoms with Crippen LogP contribution in [-0.4, -0.2) is 58.2 Å². The molecular weight excluding hydrogens is 290 g/mol. The van der Waals surface area contributed by atoms with E-state index in [4.69, 9.17) is 4.42 Å². The Kier molecular flexibility index (Phi) is 5.10. The van der Waals surface area contributed by atoms with Crippen LogP contribution in [0.2, 0.25) is 0 Å². The Morgan fingerprint density at radius 2 is 2.09 bits per heavy atom. The molecule has 0 amide bonds. The Balaban J connectivity index is 1.58. The molecule has 2 atom stereocenters.